The lowest BCUT2D eigenvalue weighted by Crippen LogP contribution is -2.07. The Bertz CT molecular complexity index is 306. The molecule has 0 aromatic rings. The number of nitrogens with zero attached hydrogens (tertiary/aromatic N) is 1. The monoisotopic (exact) mass is 243 g/mol. The number of hydrogen-bond acceptors (Lipinski definition) is 3. The van der Waals surface area contributed by atoms with E-state index in [1.807, 2.05) is 6.92 Å². The van der Waals surface area contributed by atoms with Gasteiger partial charge in [-0.3, -0.25) is 4.99 Å². The quantitative estimate of drug-likeness (QED) is 0.252. The van der Waals surface area contributed by atoms with Crippen LogP contribution in [0.1, 0.15) is 20.3 Å². The largest absolute Gasteiger partial charge is 0.278 e. The van der Waals surface area contributed by atoms with Crippen molar-refractivity contribution in [2.75, 3.05) is 0 Å². The fourth-order valence-electron chi connectivity index (χ4n) is 0.581. The van der Waals surface area contributed by atoms with Crippen LogP contribution in [0.25, 0.3) is 0 Å². The first-order valence-electron chi connectivity index (χ1n) is 3.71. The van der Waals surface area contributed by atoms with Crippen LogP contribution in [0.15, 0.2) is 17.1 Å². The number of rotatable bonds is 3. The van der Waals surface area contributed by atoms with E-state index in [1.54, 1.807) is 13.0 Å². The van der Waals surface area contributed by atoms with Gasteiger partial charge in [-0.2, -0.15) is 0 Å². The Morgan fingerprint density at radius 3 is 2.46 bits per heavy atom. The van der Waals surface area contributed by atoms with Gasteiger partial charge in [0.15, 0.2) is 5.04 Å². The summed E-state index contributed by atoms with van der Waals surface area (Å²) in [6.45, 7) is 3.43. The molecule has 0 rings (SSSR count). The fourth-order valence-corrected chi connectivity index (χ4v) is 1.56. The second-order valence-corrected chi connectivity index (χ2v) is 5.43. The molecule has 13 heavy (non-hydrogen) atoms. The minimum absolute atomic E-state index is 0.196. The Morgan fingerprint density at radius 2 is 2.15 bits per heavy atom. The molecule has 0 aromatic heterocycles. The van der Waals surface area contributed by atoms with Gasteiger partial charge in [0.25, 0.3) is 9.05 Å². The second-order valence-electron chi connectivity index (χ2n) is 2.29. The van der Waals surface area contributed by atoms with Crippen LogP contribution < -0.4 is 0 Å². The van der Waals surface area contributed by atoms with Crippen LogP contribution in [0.2, 0.25) is 0 Å². The summed E-state index contributed by atoms with van der Waals surface area (Å²) in [6.07, 6.45) is 3.71. The van der Waals surface area contributed by atoms with Crippen molar-refractivity contribution in [1.29, 1.82) is 0 Å². The van der Waals surface area contributed by atoms with Crippen molar-refractivity contribution in [3.05, 3.63) is 12.2 Å². The van der Waals surface area contributed by atoms with Crippen LogP contribution in [0.3, 0.4) is 0 Å². The molecule has 1 unspecified atom stereocenters. The maximum absolute atomic E-state index is 10.9. The molecule has 1 atom stereocenters. The summed E-state index contributed by atoms with van der Waals surface area (Å²) < 4.78 is 21.8. The van der Waals surface area contributed by atoms with E-state index in [9.17, 15) is 8.42 Å². The predicted octanol–water partition coefficient (Wildman–Crippen LogP) is 2.50. The molecule has 3 nitrogen and oxygen atoms in total. The molecular formula is C7H11Cl2NO2S. The highest BCUT2D eigenvalue weighted by Crippen LogP contribution is 2.07. The molecule has 0 N–H and O–H groups in total. The molecule has 0 aromatic carbocycles. The molecule has 0 spiro atoms. The lowest BCUT2D eigenvalue weighted by atomic mass is 10.4. The van der Waals surface area contributed by atoms with Crippen molar-refractivity contribution >= 4 is 36.4 Å². The predicted molar refractivity (Wildman–Crippen MR) is 57.0 cm³/mol. The smallest absolute Gasteiger partial charge is 0.253 e. The summed E-state index contributed by atoms with van der Waals surface area (Å²) in [4.78, 5) is 3.66. The highest BCUT2D eigenvalue weighted by atomic mass is 35.7. The van der Waals surface area contributed by atoms with Crippen LogP contribution in [-0.4, -0.2) is 19.0 Å². The van der Waals surface area contributed by atoms with Crippen LogP contribution >= 0.6 is 22.3 Å². The highest BCUT2D eigenvalue weighted by Gasteiger charge is 2.13. The van der Waals surface area contributed by atoms with E-state index in [0.717, 1.165) is 0 Å². The third-order valence-corrected chi connectivity index (χ3v) is 2.36. The molecule has 0 radical (unpaired) electrons. The van der Waals surface area contributed by atoms with Gasteiger partial charge < -0.3 is 0 Å². The Balaban J connectivity index is 4.89. The molecule has 0 heterocycles. The minimum Gasteiger partial charge on any atom is -0.253 e. The van der Waals surface area contributed by atoms with Gasteiger partial charge in [-0.1, -0.05) is 24.6 Å². The third kappa shape index (κ3) is 6.07. The molecule has 0 aliphatic rings. The third-order valence-electron chi connectivity index (χ3n) is 1.05. The summed E-state index contributed by atoms with van der Waals surface area (Å²) >= 11 is 5.51. The van der Waals surface area contributed by atoms with Gasteiger partial charge in [-0.25, -0.2) is 8.42 Å². The van der Waals surface area contributed by atoms with Crippen LogP contribution in [0.4, 0.5) is 0 Å². The zero-order valence-corrected chi connectivity index (χ0v) is 9.70. The molecule has 0 fully saturated rings. The van der Waals surface area contributed by atoms with Crippen molar-refractivity contribution in [2.45, 2.75) is 25.8 Å². The Morgan fingerprint density at radius 1 is 1.62 bits per heavy atom. The van der Waals surface area contributed by atoms with Gasteiger partial charge in [0, 0.05) is 10.7 Å². The normalized spacial score (nSPS) is 16.5. The zero-order chi connectivity index (χ0) is 10.5. The van der Waals surface area contributed by atoms with Gasteiger partial charge in [-0.15, -0.1) is 0 Å². The second kappa shape index (κ2) is 5.62. The number of hydrogen-bond donors (Lipinski definition) is 0. The first-order chi connectivity index (χ1) is 5.88. The fraction of sp³-hybridized carbons (Fsp3) is 0.571. The molecule has 0 saturated carbocycles. The standard InChI is InChI=1S/C7H11Cl2NO2S/c1-3-4-5-7(10-6(2)8)13(9,11)12/h4-6H,3H2,1-2H3/b5-4-,10-7+. The lowest BCUT2D eigenvalue weighted by Gasteiger charge is -1.97. The first-order valence-corrected chi connectivity index (χ1v) is 6.45. The summed E-state index contributed by atoms with van der Waals surface area (Å²) in [5, 5.41) is -0.196. The summed E-state index contributed by atoms with van der Waals surface area (Å²) in [6, 6.07) is 0. The number of halogens is 2. The Kier molecular flexibility index (Phi) is 5.60. The van der Waals surface area contributed by atoms with E-state index in [0.29, 0.717) is 6.42 Å². The molecular weight excluding hydrogens is 233 g/mol. The van der Waals surface area contributed by atoms with Crippen molar-refractivity contribution in [3.63, 3.8) is 0 Å². The molecule has 0 amide bonds. The maximum Gasteiger partial charge on any atom is 0.278 e. The number of allylic oxidation sites excluding steroid dienone is 1. The number of aliphatic imine (C=N–C) groups is 1. The summed E-state index contributed by atoms with van der Waals surface area (Å²) in [5.41, 5.74) is -0.606. The average molecular weight is 244 g/mol. The van der Waals surface area contributed by atoms with Crippen LogP contribution in [0.5, 0.6) is 0 Å². The maximum atomic E-state index is 10.9. The van der Waals surface area contributed by atoms with Gasteiger partial charge >= 0.3 is 0 Å². The Labute approximate surface area is 87.9 Å². The van der Waals surface area contributed by atoms with E-state index in [2.05, 4.69) is 4.99 Å². The van der Waals surface area contributed by atoms with Gasteiger partial charge in [0.05, 0.1) is 0 Å². The van der Waals surface area contributed by atoms with Crippen LogP contribution in [-0.2, 0) is 9.05 Å². The van der Waals surface area contributed by atoms with Crippen molar-refractivity contribution < 1.29 is 8.42 Å². The topological polar surface area (TPSA) is 46.5 Å². The molecule has 0 saturated heterocycles. The lowest BCUT2D eigenvalue weighted by molar-refractivity contribution is 0.619. The van der Waals surface area contributed by atoms with E-state index < -0.39 is 14.6 Å². The van der Waals surface area contributed by atoms with Gasteiger partial charge in [-0.05, 0) is 19.4 Å². The molecule has 0 bridgehead atoms. The molecule has 0 aliphatic carbocycles. The summed E-state index contributed by atoms with van der Waals surface area (Å²) in [5.74, 6) is 0. The van der Waals surface area contributed by atoms with E-state index >= 15 is 0 Å². The van der Waals surface area contributed by atoms with Crippen molar-refractivity contribution in [2.24, 2.45) is 4.99 Å². The highest BCUT2D eigenvalue weighted by molar-refractivity contribution is 8.26. The van der Waals surface area contributed by atoms with E-state index in [1.165, 1.54) is 6.08 Å². The number of alkyl halides is 1. The van der Waals surface area contributed by atoms with E-state index in [-0.39, 0.29) is 5.04 Å². The molecule has 0 aliphatic heterocycles. The average Bonchev–Trinajstić information content (AvgIpc) is 1.95. The van der Waals surface area contributed by atoms with Gasteiger partial charge in [0.2, 0.25) is 0 Å². The first kappa shape index (κ1) is 12.9. The Hall–Kier alpha value is -0.0600. The SMILES string of the molecule is CC/C=C\C(=N/C(C)Cl)S(=O)(=O)Cl. The zero-order valence-electron chi connectivity index (χ0n) is 7.37. The van der Waals surface area contributed by atoms with E-state index in [4.69, 9.17) is 22.3 Å². The molecule has 6 heteroatoms. The van der Waals surface area contributed by atoms with Crippen molar-refractivity contribution in [1.82, 2.24) is 0 Å². The summed E-state index contributed by atoms with van der Waals surface area (Å²) in [7, 11) is 1.33. The van der Waals surface area contributed by atoms with Crippen molar-refractivity contribution in [3.8, 4) is 0 Å². The van der Waals surface area contributed by atoms with Gasteiger partial charge in [0.1, 0.15) is 5.50 Å². The van der Waals surface area contributed by atoms with Crippen LogP contribution in [0, 0.1) is 0 Å². The molecule has 76 valence electrons. The minimum atomic E-state index is -3.78.